The first-order chi connectivity index (χ1) is 15.2. The second-order valence-corrected chi connectivity index (χ2v) is 10.9. The van der Waals surface area contributed by atoms with Gasteiger partial charge in [0.2, 0.25) is 5.91 Å². The molecule has 0 radical (unpaired) electrons. The van der Waals surface area contributed by atoms with Crippen LogP contribution in [0, 0.1) is 34.5 Å². The lowest BCUT2D eigenvalue weighted by Gasteiger charge is -2.61. The average Bonchev–Trinajstić information content (AvgIpc) is 3.41. The minimum Gasteiger partial charge on any atom is -0.478 e. The number of carbonyl (C=O) groups excluding carboxylic acids is 1. The molecular formula is C25H31N3O4. The van der Waals surface area contributed by atoms with Crippen LogP contribution in [0.1, 0.15) is 61.7 Å². The standard InChI is InChI=1S/C18H25N3O2.C7H6O2/c19-8-13-2-12-3-14(12)21(13)16(22)15(20)17-4-10-1-11(5-17)7-18(23,6-10)9-17;8-7(9)6-4-2-1-3-5-6/h10-15,23H,1-7,9,20H2;1-5H,(H,8,9)/t10?,11?,12-,13+,14+,15?,17?,18?;/m1./s1. The van der Waals surface area contributed by atoms with E-state index in [0.717, 1.165) is 38.5 Å². The number of aromatic carboxylic acids is 1. The largest absolute Gasteiger partial charge is 0.478 e. The van der Waals surface area contributed by atoms with Crippen LogP contribution in [-0.2, 0) is 4.79 Å². The number of fused-ring (bicyclic) bond motifs is 1. The molecule has 1 saturated heterocycles. The number of benzene rings is 1. The average molecular weight is 438 g/mol. The predicted molar refractivity (Wildman–Crippen MR) is 116 cm³/mol. The van der Waals surface area contributed by atoms with Crippen LogP contribution in [0.5, 0.6) is 0 Å². The highest BCUT2D eigenvalue weighted by molar-refractivity contribution is 5.87. The van der Waals surface area contributed by atoms with Gasteiger partial charge < -0.3 is 20.8 Å². The maximum absolute atomic E-state index is 13.1. The number of hydrogen-bond acceptors (Lipinski definition) is 5. The molecule has 6 atom stereocenters. The fourth-order valence-electron chi connectivity index (χ4n) is 7.54. The van der Waals surface area contributed by atoms with Crippen LogP contribution >= 0.6 is 0 Å². The molecule has 32 heavy (non-hydrogen) atoms. The maximum atomic E-state index is 13.1. The summed E-state index contributed by atoms with van der Waals surface area (Å²) in [4.78, 5) is 25.1. The van der Waals surface area contributed by atoms with Crippen LogP contribution in [0.2, 0.25) is 0 Å². The molecule has 4 N–H and O–H groups in total. The zero-order valence-electron chi connectivity index (χ0n) is 18.2. The molecule has 1 heterocycles. The number of carboxylic acid groups (broad SMARTS) is 1. The van der Waals surface area contributed by atoms with Gasteiger partial charge in [0.15, 0.2) is 0 Å². The van der Waals surface area contributed by atoms with E-state index in [2.05, 4.69) is 6.07 Å². The van der Waals surface area contributed by atoms with Crippen molar-refractivity contribution in [1.29, 1.82) is 5.26 Å². The number of likely N-dealkylation sites (tertiary alicyclic amines) is 1. The van der Waals surface area contributed by atoms with Crippen molar-refractivity contribution in [3.8, 4) is 6.07 Å². The van der Waals surface area contributed by atoms with E-state index >= 15 is 0 Å². The van der Waals surface area contributed by atoms with Gasteiger partial charge in [0.1, 0.15) is 6.04 Å². The first-order valence-electron chi connectivity index (χ1n) is 11.7. The normalized spacial score (nSPS) is 41.2. The Morgan fingerprint density at radius 1 is 1.09 bits per heavy atom. The van der Waals surface area contributed by atoms with E-state index in [0.29, 0.717) is 29.7 Å². The zero-order valence-corrected chi connectivity index (χ0v) is 18.2. The van der Waals surface area contributed by atoms with Gasteiger partial charge in [0.25, 0.3) is 0 Å². The summed E-state index contributed by atoms with van der Waals surface area (Å²) in [7, 11) is 0. The summed E-state index contributed by atoms with van der Waals surface area (Å²) in [6, 6.07) is 10.0. The molecule has 1 aromatic carbocycles. The van der Waals surface area contributed by atoms with Crippen molar-refractivity contribution in [2.75, 3.05) is 0 Å². The van der Waals surface area contributed by atoms with Crippen LogP contribution in [0.25, 0.3) is 0 Å². The third-order valence-corrected chi connectivity index (χ3v) is 8.53. The van der Waals surface area contributed by atoms with Gasteiger partial charge in [-0.15, -0.1) is 0 Å². The van der Waals surface area contributed by atoms with Gasteiger partial charge in [0.05, 0.1) is 23.3 Å². The summed E-state index contributed by atoms with van der Waals surface area (Å²) in [6.07, 6.45) is 7.48. The third-order valence-electron chi connectivity index (χ3n) is 8.53. The van der Waals surface area contributed by atoms with Gasteiger partial charge in [-0.25, -0.2) is 4.79 Å². The molecule has 1 aromatic rings. The number of carbonyl (C=O) groups is 2. The number of amides is 1. The number of nitriles is 1. The van der Waals surface area contributed by atoms with Crippen molar-refractivity contribution in [2.24, 2.45) is 28.9 Å². The zero-order chi connectivity index (χ0) is 22.7. The molecule has 6 fully saturated rings. The highest BCUT2D eigenvalue weighted by Crippen LogP contribution is 2.63. The Hall–Kier alpha value is -2.43. The van der Waals surface area contributed by atoms with Crippen LogP contribution in [0.15, 0.2) is 30.3 Å². The van der Waals surface area contributed by atoms with E-state index < -0.39 is 17.6 Å². The molecule has 0 spiro atoms. The van der Waals surface area contributed by atoms with Crippen molar-refractivity contribution in [3.63, 3.8) is 0 Å². The summed E-state index contributed by atoms with van der Waals surface area (Å²) in [5, 5.41) is 28.6. The number of aliphatic hydroxyl groups is 1. The molecule has 170 valence electrons. The molecule has 7 heteroatoms. The van der Waals surface area contributed by atoms with Gasteiger partial charge in [0, 0.05) is 6.04 Å². The fraction of sp³-hybridized carbons (Fsp3) is 0.640. The van der Waals surface area contributed by atoms with Gasteiger partial charge in [-0.05, 0) is 86.7 Å². The Balaban J connectivity index is 0.000000203. The first kappa shape index (κ1) is 21.4. The van der Waals surface area contributed by atoms with Crippen LogP contribution < -0.4 is 5.73 Å². The lowest BCUT2D eigenvalue weighted by Crippen LogP contribution is -2.64. The molecule has 7 rings (SSSR count). The quantitative estimate of drug-likeness (QED) is 0.667. The van der Waals surface area contributed by atoms with Crippen molar-refractivity contribution in [2.45, 2.75) is 75.1 Å². The minimum absolute atomic E-state index is 0.0212. The van der Waals surface area contributed by atoms with Gasteiger partial charge in [-0.2, -0.15) is 5.26 Å². The molecule has 0 aromatic heterocycles. The number of nitrogens with zero attached hydrogens (tertiary/aromatic N) is 2. The van der Waals surface area contributed by atoms with E-state index in [1.54, 1.807) is 35.2 Å². The number of piperidine rings is 1. The fourth-order valence-corrected chi connectivity index (χ4v) is 7.54. The molecule has 5 saturated carbocycles. The highest BCUT2D eigenvalue weighted by atomic mass is 16.4. The Morgan fingerprint density at radius 3 is 2.28 bits per heavy atom. The number of hydrogen-bond donors (Lipinski definition) is 3. The van der Waals surface area contributed by atoms with E-state index in [1.807, 2.05) is 0 Å². The number of rotatable bonds is 3. The smallest absolute Gasteiger partial charge is 0.335 e. The summed E-state index contributed by atoms with van der Waals surface area (Å²) >= 11 is 0. The van der Waals surface area contributed by atoms with Crippen molar-refractivity contribution in [1.82, 2.24) is 4.90 Å². The molecule has 6 aliphatic rings. The SMILES string of the molecule is N#C[C@@H]1C[C@@H]2C[C@@H]2N1C(=O)C(N)C12CC3CC(CC(O)(C3)C1)C2.O=C(O)c1ccccc1. The second-order valence-electron chi connectivity index (χ2n) is 10.9. The van der Waals surface area contributed by atoms with E-state index in [1.165, 1.54) is 6.42 Å². The van der Waals surface area contributed by atoms with Crippen molar-refractivity contribution in [3.05, 3.63) is 35.9 Å². The maximum Gasteiger partial charge on any atom is 0.335 e. The summed E-state index contributed by atoms with van der Waals surface area (Å²) in [6.45, 7) is 0. The van der Waals surface area contributed by atoms with Crippen LogP contribution in [0.4, 0.5) is 0 Å². The molecule has 5 aliphatic carbocycles. The molecule has 7 nitrogen and oxygen atoms in total. The predicted octanol–water partition coefficient (Wildman–Crippen LogP) is 2.54. The summed E-state index contributed by atoms with van der Waals surface area (Å²) in [5.74, 6) is 0.678. The van der Waals surface area contributed by atoms with Crippen molar-refractivity contribution < 1.29 is 19.8 Å². The monoisotopic (exact) mass is 437 g/mol. The van der Waals surface area contributed by atoms with Gasteiger partial charge in [-0.1, -0.05) is 18.2 Å². The van der Waals surface area contributed by atoms with E-state index in [4.69, 9.17) is 10.8 Å². The van der Waals surface area contributed by atoms with Crippen molar-refractivity contribution >= 4 is 11.9 Å². The number of nitrogens with two attached hydrogens (primary N) is 1. The Bertz CT molecular complexity index is 944. The molecular weight excluding hydrogens is 406 g/mol. The molecule has 1 amide bonds. The molecule has 4 bridgehead atoms. The molecule has 1 aliphatic heterocycles. The second kappa shape index (κ2) is 7.57. The topological polar surface area (TPSA) is 128 Å². The molecule has 3 unspecified atom stereocenters. The first-order valence-corrected chi connectivity index (χ1v) is 11.7. The van der Waals surface area contributed by atoms with Crippen LogP contribution in [0.3, 0.4) is 0 Å². The van der Waals surface area contributed by atoms with E-state index in [9.17, 15) is 20.0 Å². The lowest BCUT2D eigenvalue weighted by atomic mass is 9.46. The Labute approximate surface area is 188 Å². The summed E-state index contributed by atoms with van der Waals surface area (Å²) < 4.78 is 0. The number of carboxylic acids is 1. The van der Waals surface area contributed by atoms with Gasteiger partial charge >= 0.3 is 5.97 Å². The van der Waals surface area contributed by atoms with Crippen LogP contribution in [-0.4, -0.2) is 50.7 Å². The Kier molecular flexibility index (Phi) is 5.06. The minimum atomic E-state index is -0.879. The summed E-state index contributed by atoms with van der Waals surface area (Å²) in [5.41, 5.74) is 6.05. The van der Waals surface area contributed by atoms with E-state index in [-0.39, 0.29) is 23.4 Å². The third kappa shape index (κ3) is 3.60. The highest BCUT2D eigenvalue weighted by Gasteiger charge is 2.62. The lowest BCUT2D eigenvalue weighted by molar-refractivity contribution is -0.177. The van der Waals surface area contributed by atoms with Gasteiger partial charge in [-0.3, -0.25) is 4.79 Å². The Morgan fingerprint density at radius 2 is 1.75 bits per heavy atom.